The Labute approximate surface area is 132 Å². The molecule has 3 rings (SSSR count). The fraction of sp³-hybridized carbons (Fsp3) is 0.0625. The third-order valence-electron chi connectivity index (χ3n) is 3.48. The Kier molecular flexibility index (Phi) is 3.80. The van der Waals surface area contributed by atoms with Gasteiger partial charge in [-0.3, -0.25) is 4.79 Å². The molecule has 122 valence electrons. The average molecular weight is 334 g/mol. The average Bonchev–Trinajstić information content (AvgIpc) is 2.55. The molecule has 0 bridgehead atoms. The highest BCUT2D eigenvalue weighted by molar-refractivity contribution is 5.92. The maximum Gasteiger partial charge on any atom is 0.335 e. The predicted molar refractivity (Wildman–Crippen MR) is 78.4 cm³/mol. The van der Waals surface area contributed by atoms with Gasteiger partial charge in [0.15, 0.2) is 17.5 Å². The van der Waals surface area contributed by atoms with Crippen LogP contribution >= 0.6 is 0 Å². The Morgan fingerprint density at radius 1 is 1.12 bits per heavy atom. The summed E-state index contributed by atoms with van der Waals surface area (Å²) in [5.41, 5.74) is -0.692. The number of carbonyl (C=O) groups is 1. The first-order valence-corrected chi connectivity index (χ1v) is 6.75. The molecule has 8 heteroatoms. The standard InChI is InChI=1S/C16H9F3N2O3/c17-10-4-2-7(13(18)14(10)19)6-12-20-11-5-8(16(23)24)1-3-9(11)15(22)21-12/h1-5H,6H2,(H,23,24)(H,20,21,22). The maximum absolute atomic E-state index is 13.7. The molecule has 24 heavy (non-hydrogen) atoms. The first-order valence-electron chi connectivity index (χ1n) is 6.75. The molecule has 2 N–H and O–H groups in total. The molecule has 0 aliphatic heterocycles. The zero-order valence-corrected chi connectivity index (χ0v) is 11.9. The SMILES string of the molecule is O=C(O)c1ccc2c(=O)[nH]c(Cc3ccc(F)c(F)c3F)nc2c1. The zero-order chi connectivity index (χ0) is 17.4. The molecule has 0 fully saturated rings. The summed E-state index contributed by atoms with van der Waals surface area (Å²) in [5, 5.41) is 9.13. The number of aromatic amines is 1. The summed E-state index contributed by atoms with van der Waals surface area (Å²) < 4.78 is 39.9. The summed E-state index contributed by atoms with van der Waals surface area (Å²) in [5.74, 6) is -5.48. The molecule has 0 saturated heterocycles. The van der Waals surface area contributed by atoms with Gasteiger partial charge >= 0.3 is 5.97 Å². The highest BCUT2D eigenvalue weighted by atomic mass is 19.2. The number of aromatic nitrogens is 2. The maximum atomic E-state index is 13.7. The summed E-state index contributed by atoms with van der Waals surface area (Å²) in [7, 11) is 0. The first-order chi connectivity index (χ1) is 11.4. The van der Waals surface area contributed by atoms with Crippen LogP contribution in [-0.2, 0) is 6.42 Å². The summed E-state index contributed by atoms with van der Waals surface area (Å²) in [6.07, 6.45) is -0.286. The molecule has 1 aromatic heterocycles. The molecule has 0 aliphatic carbocycles. The van der Waals surface area contributed by atoms with Gasteiger partial charge in [-0.05, 0) is 29.8 Å². The molecule has 0 aliphatic rings. The number of fused-ring (bicyclic) bond motifs is 1. The Morgan fingerprint density at radius 2 is 1.88 bits per heavy atom. The first kappa shape index (κ1) is 15.7. The lowest BCUT2D eigenvalue weighted by Gasteiger charge is -2.06. The van der Waals surface area contributed by atoms with E-state index in [0.717, 1.165) is 12.1 Å². The summed E-state index contributed by atoms with van der Waals surface area (Å²) >= 11 is 0. The van der Waals surface area contributed by atoms with Gasteiger partial charge in [0.05, 0.1) is 16.5 Å². The van der Waals surface area contributed by atoms with Crippen molar-refractivity contribution >= 4 is 16.9 Å². The normalized spacial score (nSPS) is 11.0. The van der Waals surface area contributed by atoms with E-state index in [2.05, 4.69) is 9.97 Å². The van der Waals surface area contributed by atoms with Crippen LogP contribution in [0.3, 0.4) is 0 Å². The lowest BCUT2D eigenvalue weighted by Crippen LogP contribution is -2.13. The van der Waals surface area contributed by atoms with Crippen LogP contribution in [0.25, 0.3) is 10.9 Å². The van der Waals surface area contributed by atoms with Crippen molar-refractivity contribution in [3.05, 3.63) is 75.1 Å². The van der Waals surface area contributed by atoms with Crippen LogP contribution in [0.1, 0.15) is 21.7 Å². The van der Waals surface area contributed by atoms with Gasteiger partial charge in [0.25, 0.3) is 5.56 Å². The number of H-pyrrole nitrogens is 1. The van der Waals surface area contributed by atoms with Crippen LogP contribution in [0.5, 0.6) is 0 Å². The minimum absolute atomic E-state index is 0.0000491. The van der Waals surface area contributed by atoms with E-state index in [1.807, 2.05) is 0 Å². The molecule has 0 amide bonds. The molecular formula is C16H9F3N2O3. The lowest BCUT2D eigenvalue weighted by molar-refractivity contribution is 0.0697. The number of benzene rings is 2. The van der Waals surface area contributed by atoms with Gasteiger partial charge in [-0.2, -0.15) is 0 Å². The van der Waals surface area contributed by atoms with Crippen LogP contribution in [-0.4, -0.2) is 21.0 Å². The van der Waals surface area contributed by atoms with Crippen molar-refractivity contribution in [1.29, 1.82) is 0 Å². The number of halogens is 3. The minimum atomic E-state index is -1.61. The van der Waals surface area contributed by atoms with Gasteiger partial charge in [0.2, 0.25) is 0 Å². The van der Waals surface area contributed by atoms with Gasteiger partial charge < -0.3 is 10.1 Å². The fourth-order valence-electron chi connectivity index (χ4n) is 2.29. The number of nitrogens with one attached hydrogen (secondary N) is 1. The van der Waals surface area contributed by atoms with E-state index in [1.165, 1.54) is 18.2 Å². The van der Waals surface area contributed by atoms with Crippen molar-refractivity contribution < 1.29 is 23.1 Å². The fourth-order valence-corrected chi connectivity index (χ4v) is 2.29. The Balaban J connectivity index is 2.09. The van der Waals surface area contributed by atoms with E-state index in [4.69, 9.17) is 5.11 Å². The van der Waals surface area contributed by atoms with Gasteiger partial charge in [-0.25, -0.2) is 22.9 Å². The molecule has 0 radical (unpaired) electrons. The smallest absolute Gasteiger partial charge is 0.335 e. The van der Waals surface area contributed by atoms with E-state index in [9.17, 15) is 22.8 Å². The summed E-state index contributed by atoms with van der Waals surface area (Å²) in [6, 6.07) is 5.60. The van der Waals surface area contributed by atoms with Crippen molar-refractivity contribution in [2.45, 2.75) is 6.42 Å². The Hall–Kier alpha value is -3.16. The number of carboxylic acid groups (broad SMARTS) is 1. The van der Waals surface area contributed by atoms with Gasteiger partial charge in [0.1, 0.15) is 5.82 Å². The largest absolute Gasteiger partial charge is 0.478 e. The minimum Gasteiger partial charge on any atom is -0.478 e. The van der Waals surface area contributed by atoms with Gasteiger partial charge in [0, 0.05) is 6.42 Å². The highest BCUT2D eigenvalue weighted by Crippen LogP contribution is 2.18. The van der Waals surface area contributed by atoms with E-state index >= 15 is 0 Å². The Morgan fingerprint density at radius 3 is 2.58 bits per heavy atom. The summed E-state index contributed by atoms with van der Waals surface area (Å²) in [4.78, 5) is 29.5. The highest BCUT2D eigenvalue weighted by Gasteiger charge is 2.15. The molecule has 1 heterocycles. The van der Waals surface area contributed by atoms with Crippen molar-refractivity contribution in [3.63, 3.8) is 0 Å². The number of hydrogen-bond donors (Lipinski definition) is 2. The number of aromatic carboxylic acids is 1. The molecule has 0 saturated carbocycles. The predicted octanol–water partition coefficient (Wildman–Crippen LogP) is 2.63. The van der Waals surface area contributed by atoms with Crippen LogP contribution in [0.2, 0.25) is 0 Å². The molecular weight excluding hydrogens is 325 g/mol. The number of hydrogen-bond acceptors (Lipinski definition) is 3. The molecule has 0 unspecified atom stereocenters. The third kappa shape index (κ3) is 2.73. The zero-order valence-electron chi connectivity index (χ0n) is 11.9. The molecule has 2 aromatic carbocycles. The monoisotopic (exact) mass is 334 g/mol. The van der Waals surface area contributed by atoms with Crippen molar-refractivity contribution in [2.75, 3.05) is 0 Å². The molecule has 0 atom stereocenters. The van der Waals surface area contributed by atoms with Crippen LogP contribution < -0.4 is 5.56 Å². The van der Waals surface area contributed by atoms with Crippen molar-refractivity contribution in [3.8, 4) is 0 Å². The lowest BCUT2D eigenvalue weighted by atomic mass is 10.1. The number of nitrogens with zero attached hydrogens (tertiary/aromatic N) is 1. The number of carboxylic acids is 1. The second kappa shape index (κ2) is 5.80. The van der Waals surface area contributed by atoms with E-state index < -0.39 is 29.0 Å². The van der Waals surface area contributed by atoms with E-state index in [-0.39, 0.29) is 34.3 Å². The van der Waals surface area contributed by atoms with Crippen LogP contribution in [0, 0.1) is 17.5 Å². The second-order valence-corrected chi connectivity index (χ2v) is 5.06. The molecule has 0 spiro atoms. The van der Waals surface area contributed by atoms with E-state index in [1.54, 1.807) is 0 Å². The third-order valence-corrected chi connectivity index (χ3v) is 3.48. The topological polar surface area (TPSA) is 83.0 Å². The van der Waals surface area contributed by atoms with Gasteiger partial charge in [-0.1, -0.05) is 6.07 Å². The van der Waals surface area contributed by atoms with Crippen molar-refractivity contribution in [2.24, 2.45) is 0 Å². The molecule has 5 nitrogen and oxygen atoms in total. The van der Waals surface area contributed by atoms with Crippen LogP contribution in [0.15, 0.2) is 35.1 Å². The second-order valence-electron chi connectivity index (χ2n) is 5.06. The summed E-state index contributed by atoms with van der Waals surface area (Å²) in [6.45, 7) is 0. The molecule has 3 aromatic rings. The van der Waals surface area contributed by atoms with Crippen LogP contribution in [0.4, 0.5) is 13.2 Å². The van der Waals surface area contributed by atoms with Gasteiger partial charge in [-0.15, -0.1) is 0 Å². The van der Waals surface area contributed by atoms with Crippen molar-refractivity contribution in [1.82, 2.24) is 9.97 Å². The quantitative estimate of drug-likeness (QED) is 0.721. The number of rotatable bonds is 3. The Bertz CT molecular complexity index is 1030. The van der Waals surface area contributed by atoms with E-state index in [0.29, 0.717) is 0 Å².